The van der Waals surface area contributed by atoms with Gasteiger partial charge >= 0.3 is 0 Å². The number of rotatable bonds is 0. The second-order valence-corrected chi connectivity index (χ2v) is 6.77. The first-order chi connectivity index (χ1) is 10.7. The van der Waals surface area contributed by atoms with Gasteiger partial charge in [0.15, 0.2) is 11.6 Å². The van der Waals surface area contributed by atoms with Gasteiger partial charge in [-0.3, -0.25) is 9.59 Å². The number of hydrogen-bond donors (Lipinski definition) is 0. The molecule has 1 saturated carbocycles. The summed E-state index contributed by atoms with van der Waals surface area (Å²) in [6, 6.07) is 15.6. The SMILES string of the molecule is O=C1c2ccccc2[C@]23CCCC[C@]12c1ccccc1C3=O. The van der Waals surface area contributed by atoms with Gasteiger partial charge in [-0.15, -0.1) is 0 Å². The molecule has 0 aromatic heterocycles. The van der Waals surface area contributed by atoms with Crippen molar-refractivity contribution >= 4 is 11.6 Å². The van der Waals surface area contributed by atoms with Crippen LogP contribution in [0.5, 0.6) is 0 Å². The van der Waals surface area contributed by atoms with Gasteiger partial charge in [0.2, 0.25) is 0 Å². The topological polar surface area (TPSA) is 34.1 Å². The summed E-state index contributed by atoms with van der Waals surface area (Å²) in [6.07, 6.45) is 3.62. The molecule has 3 aliphatic carbocycles. The van der Waals surface area contributed by atoms with Gasteiger partial charge in [0.1, 0.15) is 0 Å². The molecule has 108 valence electrons. The largest absolute Gasteiger partial charge is 0.293 e. The number of hydrogen-bond acceptors (Lipinski definition) is 2. The average molecular weight is 288 g/mol. The van der Waals surface area contributed by atoms with Gasteiger partial charge in [0.25, 0.3) is 0 Å². The van der Waals surface area contributed by atoms with Crippen molar-refractivity contribution in [2.24, 2.45) is 0 Å². The highest BCUT2D eigenvalue weighted by Gasteiger charge is 2.71. The predicted molar refractivity (Wildman–Crippen MR) is 83.4 cm³/mol. The molecule has 2 atom stereocenters. The quantitative estimate of drug-likeness (QED) is 0.738. The van der Waals surface area contributed by atoms with Crippen molar-refractivity contribution in [2.45, 2.75) is 36.5 Å². The van der Waals surface area contributed by atoms with E-state index in [4.69, 9.17) is 0 Å². The van der Waals surface area contributed by atoms with Crippen molar-refractivity contribution in [1.29, 1.82) is 0 Å². The van der Waals surface area contributed by atoms with E-state index in [0.717, 1.165) is 47.9 Å². The Morgan fingerprint density at radius 2 is 1.05 bits per heavy atom. The average Bonchev–Trinajstić information content (AvgIpc) is 2.96. The first kappa shape index (κ1) is 12.3. The Labute approximate surface area is 129 Å². The first-order valence-corrected chi connectivity index (χ1v) is 8.02. The number of carbonyl (C=O) groups is 2. The second kappa shape index (κ2) is 3.75. The molecule has 22 heavy (non-hydrogen) atoms. The number of fused-ring (bicyclic) bond motifs is 2. The van der Waals surface area contributed by atoms with Crippen molar-refractivity contribution in [3.05, 3.63) is 70.8 Å². The highest BCUT2D eigenvalue weighted by molar-refractivity contribution is 6.25. The highest BCUT2D eigenvalue weighted by atomic mass is 16.1. The third kappa shape index (κ3) is 1.03. The predicted octanol–water partition coefficient (Wildman–Crippen LogP) is 3.83. The monoisotopic (exact) mass is 288 g/mol. The molecule has 0 amide bonds. The highest BCUT2D eigenvalue weighted by Crippen LogP contribution is 2.65. The molecule has 2 aromatic rings. The third-order valence-electron chi connectivity index (χ3n) is 6.12. The second-order valence-electron chi connectivity index (χ2n) is 6.77. The van der Waals surface area contributed by atoms with Gasteiger partial charge in [0, 0.05) is 11.1 Å². The van der Waals surface area contributed by atoms with Crippen LogP contribution in [-0.2, 0) is 10.8 Å². The van der Waals surface area contributed by atoms with Crippen LogP contribution in [0.25, 0.3) is 0 Å². The molecular formula is C20H16O2. The van der Waals surface area contributed by atoms with Gasteiger partial charge in [0.05, 0.1) is 10.8 Å². The summed E-state index contributed by atoms with van der Waals surface area (Å²) in [6.45, 7) is 0. The van der Waals surface area contributed by atoms with Crippen LogP contribution in [-0.4, -0.2) is 11.6 Å². The van der Waals surface area contributed by atoms with E-state index >= 15 is 0 Å². The molecular weight excluding hydrogens is 272 g/mol. The van der Waals surface area contributed by atoms with Crippen LogP contribution in [0.2, 0.25) is 0 Å². The van der Waals surface area contributed by atoms with Crippen LogP contribution < -0.4 is 0 Å². The number of carbonyl (C=O) groups excluding carboxylic acids is 2. The van der Waals surface area contributed by atoms with Crippen LogP contribution in [0.4, 0.5) is 0 Å². The minimum Gasteiger partial charge on any atom is -0.293 e. The molecule has 0 unspecified atom stereocenters. The van der Waals surface area contributed by atoms with Crippen molar-refractivity contribution < 1.29 is 9.59 Å². The summed E-state index contributed by atoms with van der Waals surface area (Å²) >= 11 is 0. The molecule has 0 saturated heterocycles. The molecule has 0 spiro atoms. The molecule has 2 aromatic carbocycles. The standard InChI is InChI=1S/C20H16O2/c21-17-13-7-1-3-9-15(13)19-11-5-6-12-20(17,19)16-10-4-2-8-14(16)18(19)22/h1-4,7-10H,5-6,11-12H2/t19-,20-/m0/s1. The maximum absolute atomic E-state index is 13.4. The molecule has 2 nitrogen and oxygen atoms in total. The van der Waals surface area contributed by atoms with Gasteiger partial charge < -0.3 is 0 Å². The molecule has 2 heteroatoms. The van der Waals surface area contributed by atoms with E-state index in [1.54, 1.807) is 0 Å². The van der Waals surface area contributed by atoms with Crippen molar-refractivity contribution in [2.75, 3.05) is 0 Å². The maximum atomic E-state index is 13.4. The summed E-state index contributed by atoms with van der Waals surface area (Å²) in [7, 11) is 0. The van der Waals surface area contributed by atoms with E-state index < -0.39 is 10.8 Å². The van der Waals surface area contributed by atoms with Crippen molar-refractivity contribution in [3.63, 3.8) is 0 Å². The molecule has 5 rings (SSSR count). The van der Waals surface area contributed by atoms with E-state index in [2.05, 4.69) is 0 Å². The van der Waals surface area contributed by atoms with Crippen molar-refractivity contribution in [3.8, 4) is 0 Å². The molecule has 0 radical (unpaired) electrons. The van der Waals surface area contributed by atoms with Gasteiger partial charge in [-0.1, -0.05) is 61.4 Å². The smallest absolute Gasteiger partial charge is 0.175 e. The zero-order valence-electron chi connectivity index (χ0n) is 12.3. The minimum absolute atomic E-state index is 0.168. The van der Waals surface area contributed by atoms with E-state index in [0.29, 0.717) is 0 Å². The van der Waals surface area contributed by atoms with Gasteiger partial charge in [-0.25, -0.2) is 0 Å². The number of Topliss-reactive ketones (excluding diaryl/α,β-unsaturated/α-hetero) is 2. The summed E-state index contributed by atoms with van der Waals surface area (Å²) < 4.78 is 0. The maximum Gasteiger partial charge on any atom is 0.175 e. The van der Waals surface area contributed by atoms with E-state index in [9.17, 15) is 9.59 Å². The van der Waals surface area contributed by atoms with Crippen LogP contribution in [0, 0.1) is 0 Å². The molecule has 1 fully saturated rings. The Bertz CT molecular complexity index is 779. The lowest BCUT2D eigenvalue weighted by atomic mass is 9.56. The lowest BCUT2D eigenvalue weighted by molar-refractivity contribution is 0.0660. The molecule has 3 aliphatic rings. The zero-order valence-corrected chi connectivity index (χ0v) is 12.3. The Kier molecular flexibility index (Phi) is 2.10. The van der Waals surface area contributed by atoms with E-state index in [-0.39, 0.29) is 11.6 Å². The molecule has 0 N–H and O–H groups in total. The lowest BCUT2D eigenvalue weighted by Crippen LogP contribution is -2.51. The third-order valence-corrected chi connectivity index (χ3v) is 6.12. The molecule has 0 aliphatic heterocycles. The number of ketones is 2. The summed E-state index contributed by atoms with van der Waals surface area (Å²) in [5, 5.41) is 0. The summed E-state index contributed by atoms with van der Waals surface area (Å²) in [5.74, 6) is 0.335. The van der Waals surface area contributed by atoms with E-state index in [1.165, 1.54) is 0 Å². The fraction of sp³-hybridized carbons (Fsp3) is 0.300. The van der Waals surface area contributed by atoms with Gasteiger partial charge in [-0.05, 0) is 24.0 Å². The van der Waals surface area contributed by atoms with Crippen molar-refractivity contribution in [1.82, 2.24) is 0 Å². The normalized spacial score (nSPS) is 31.5. The minimum atomic E-state index is -0.636. The van der Waals surface area contributed by atoms with Crippen LogP contribution in [0.15, 0.2) is 48.5 Å². The number of benzene rings is 2. The fourth-order valence-electron chi connectivity index (χ4n) is 5.36. The first-order valence-electron chi connectivity index (χ1n) is 8.02. The Hall–Kier alpha value is -2.22. The Balaban J connectivity index is 1.96. The zero-order chi connectivity index (χ0) is 14.9. The summed E-state index contributed by atoms with van der Waals surface area (Å²) in [5.41, 5.74) is 2.21. The summed E-state index contributed by atoms with van der Waals surface area (Å²) in [4.78, 5) is 26.8. The van der Waals surface area contributed by atoms with Crippen LogP contribution in [0.3, 0.4) is 0 Å². The van der Waals surface area contributed by atoms with Gasteiger partial charge in [-0.2, -0.15) is 0 Å². The van der Waals surface area contributed by atoms with Crippen LogP contribution in [0.1, 0.15) is 57.5 Å². The van der Waals surface area contributed by atoms with E-state index in [1.807, 2.05) is 48.5 Å². The van der Waals surface area contributed by atoms with Crippen LogP contribution >= 0.6 is 0 Å². The fourth-order valence-corrected chi connectivity index (χ4v) is 5.36. The Morgan fingerprint density at radius 1 is 0.636 bits per heavy atom. The molecule has 0 bridgehead atoms. The molecule has 0 heterocycles. The lowest BCUT2D eigenvalue weighted by Gasteiger charge is -2.43. The Morgan fingerprint density at radius 3 is 1.50 bits per heavy atom.